The fraction of sp³-hybridized carbons (Fsp3) is 0.375. The van der Waals surface area contributed by atoms with Crippen molar-refractivity contribution in [3.8, 4) is 11.5 Å². The van der Waals surface area contributed by atoms with Gasteiger partial charge in [0, 0.05) is 44.5 Å². The molecule has 2 heterocycles. The third-order valence-corrected chi connectivity index (χ3v) is 7.02. The second-order valence-electron chi connectivity index (χ2n) is 10.5. The molecule has 0 radical (unpaired) electrons. The van der Waals surface area contributed by atoms with E-state index in [1.807, 2.05) is 61.7 Å². The zero-order valence-electron chi connectivity index (χ0n) is 24.1. The van der Waals surface area contributed by atoms with E-state index in [0.29, 0.717) is 38.7 Å². The quantitative estimate of drug-likeness (QED) is 0.438. The Bertz CT molecular complexity index is 1300. The van der Waals surface area contributed by atoms with E-state index in [1.165, 1.54) is 0 Å². The SMILES string of the molecule is CCOc1c(CN(C)C(=O)/C=C/C2=CNC3NC(=O)CN(Cc4ccc(OC)cc4)CC3=C2)cccc1C(C)C. The summed E-state index contributed by atoms with van der Waals surface area (Å²) in [7, 11) is 3.44. The van der Waals surface area contributed by atoms with Crippen molar-refractivity contribution in [2.24, 2.45) is 0 Å². The van der Waals surface area contributed by atoms with Crippen molar-refractivity contribution in [2.45, 2.75) is 45.9 Å². The summed E-state index contributed by atoms with van der Waals surface area (Å²) in [6.07, 6.45) is 6.99. The van der Waals surface area contributed by atoms with Gasteiger partial charge in [-0.2, -0.15) is 0 Å². The maximum atomic E-state index is 13.0. The Labute approximate surface area is 237 Å². The van der Waals surface area contributed by atoms with E-state index in [1.54, 1.807) is 25.1 Å². The van der Waals surface area contributed by atoms with Gasteiger partial charge in [-0.3, -0.25) is 14.5 Å². The first-order valence-electron chi connectivity index (χ1n) is 13.8. The number of fused-ring (bicyclic) bond motifs is 1. The molecule has 8 heteroatoms. The molecule has 1 fully saturated rings. The molecule has 1 unspecified atom stereocenters. The number of para-hydroxylation sites is 1. The zero-order valence-corrected chi connectivity index (χ0v) is 24.1. The summed E-state index contributed by atoms with van der Waals surface area (Å²) in [4.78, 5) is 29.4. The molecule has 0 bridgehead atoms. The van der Waals surface area contributed by atoms with E-state index >= 15 is 0 Å². The third-order valence-electron chi connectivity index (χ3n) is 7.02. The molecule has 212 valence electrons. The number of nitrogens with zero attached hydrogens (tertiary/aromatic N) is 2. The molecule has 2 aromatic rings. The summed E-state index contributed by atoms with van der Waals surface area (Å²) in [6, 6.07) is 14.0. The number of rotatable bonds is 10. The molecule has 2 aliphatic heterocycles. The van der Waals surface area contributed by atoms with E-state index in [-0.39, 0.29) is 18.0 Å². The highest BCUT2D eigenvalue weighted by Crippen LogP contribution is 2.31. The number of nitrogens with one attached hydrogen (secondary N) is 2. The molecule has 0 spiro atoms. The molecule has 1 atom stereocenters. The van der Waals surface area contributed by atoms with Crippen LogP contribution < -0.4 is 20.1 Å². The standard InChI is InChI=1S/C32H40N4O4/c1-6-40-31-25(8-7-9-28(31)22(2)3)19-35(4)30(38)15-12-24-16-26-20-36(21-29(37)34-32(26)33-17-24)18-23-10-13-27(39-5)14-11-23/h7-17,22,32-33H,6,18-21H2,1-5H3,(H,34,37)/b15-12+. The smallest absolute Gasteiger partial charge is 0.246 e. The van der Waals surface area contributed by atoms with Crippen LogP contribution in [0.5, 0.6) is 11.5 Å². The minimum atomic E-state index is -0.269. The molecular weight excluding hydrogens is 504 g/mol. The van der Waals surface area contributed by atoms with E-state index in [0.717, 1.165) is 39.3 Å². The minimum absolute atomic E-state index is 0.0356. The molecule has 0 aromatic heterocycles. The number of ether oxygens (including phenoxy) is 2. The van der Waals surface area contributed by atoms with Crippen LogP contribution in [0.4, 0.5) is 0 Å². The predicted molar refractivity (Wildman–Crippen MR) is 157 cm³/mol. The molecule has 2 aliphatic rings. The Hall–Kier alpha value is -4.04. The van der Waals surface area contributed by atoms with Crippen LogP contribution in [0, 0.1) is 0 Å². The van der Waals surface area contributed by atoms with E-state index in [2.05, 4.69) is 35.4 Å². The summed E-state index contributed by atoms with van der Waals surface area (Å²) in [6.45, 7) is 8.84. The van der Waals surface area contributed by atoms with Crippen LogP contribution in [0.1, 0.15) is 43.4 Å². The van der Waals surface area contributed by atoms with E-state index < -0.39 is 0 Å². The highest BCUT2D eigenvalue weighted by Gasteiger charge is 2.26. The highest BCUT2D eigenvalue weighted by atomic mass is 16.5. The average molecular weight is 545 g/mol. The molecule has 2 amide bonds. The number of dihydropyridines is 1. The Balaban J connectivity index is 1.42. The van der Waals surface area contributed by atoms with Crippen LogP contribution in [0.25, 0.3) is 0 Å². The molecule has 1 saturated heterocycles. The fourth-order valence-corrected chi connectivity index (χ4v) is 4.95. The van der Waals surface area contributed by atoms with Gasteiger partial charge in [0.05, 0.1) is 20.3 Å². The Morgan fingerprint density at radius 1 is 1.18 bits per heavy atom. The molecule has 2 N–H and O–H groups in total. The van der Waals surface area contributed by atoms with Gasteiger partial charge in [0.25, 0.3) is 0 Å². The maximum absolute atomic E-state index is 13.0. The molecule has 0 saturated carbocycles. The number of likely N-dealkylation sites (N-methyl/N-ethyl adjacent to an activating group) is 1. The van der Waals surface area contributed by atoms with Gasteiger partial charge in [-0.05, 0) is 59.4 Å². The number of amides is 2. The van der Waals surface area contributed by atoms with Crippen LogP contribution in [0.3, 0.4) is 0 Å². The summed E-state index contributed by atoms with van der Waals surface area (Å²) < 4.78 is 11.2. The summed E-state index contributed by atoms with van der Waals surface area (Å²) >= 11 is 0. The number of benzene rings is 2. The van der Waals surface area contributed by atoms with Gasteiger partial charge in [-0.15, -0.1) is 0 Å². The van der Waals surface area contributed by atoms with Crippen LogP contribution in [0.15, 0.2) is 78.0 Å². The molecule has 8 nitrogen and oxygen atoms in total. The normalized spacial score (nSPS) is 17.4. The lowest BCUT2D eigenvalue weighted by Gasteiger charge is -2.25. The van der Waals surface area contributed by atoms with E-state index in [9.17, 15) is 9.59 Å². The Kier molecular flexibility index (Phi) is 9.66. The third kappa shape index (κ3) is 7.33. The molecule has 4 rings (SSSR count). The summed E-state index contributed by atoms with van der Waals surface area (Å²) in [5, 5.41) is 6.31. The van der Waals surface area contributed by atoms with Crippen molar-refractivity contribution in [3.63, 3.8) is 0 Å². The molecule has 40 heavy (non-hydrogen) atoms. The monoisotopic (exact) mass is 544 g/mol. The van der Waals surface area contributed by atoms with Crippen molar-refractivity contribution in [1.82, 2.24) is 20.4 Å². The minimum Gasteiger partial charge on any atom is -0.497 e. The van der Waals surface area contributed by atoms with Crippen LogP contribution in [-0.4, -0.2) is 61.6 Å². The van der Waals surface area contributed by atoms with Crippen molar-refractivity contribution in [3.05, 3.63) is 94.7 Å². The van der Waals surface area contributed by atoms with Crippen molar-refractivity contribution in [2.75, 3.05) is 33.9 Å². The van der Waals surface area contributed by atoms with Gasteiger partial charge >= 0.3 is 0 Å². The van der Waals surface area contributed by atoms with Gasteiger partial charge in [-0.25, -0.2) is 0 Å². The first kappa shape index (κ1) is 29.0. The second-order valence-corrected chi connectivity index (χ2v) is 10.5. The number of methoxy groups -OCH3 is 1. The van der Waals surface area contributed by atoms with Gasteiger partial charge in [0.2, 0.25) is 11.8 Å². The van der Waals surface area contributed by atoms with Gasteiger partial charge in [-0.1, -0.05) is 44.2 Å². The Morgan fingerprint density at radius 3 is 2.65 bits per heavy atom. The average Bonchev–Trinajstić information content (AvgIpc) is 3.09. The number of hydrogen-bond acceptors (Lipinski definition) is 6. The number of carbonyl (C=O) groups is 2. The van der Waals surface area contributed by atoms with Crippen molar-refractivity contribution in [1.29, 1.82) is 0 Å². The van der Waals surface area contributed by atoms with Crippen molar-refractivity contribution < 1.29 is 19.1 Å². The molecular formula is C32H40N4O4. The highest BCUT2D eigenvalue weighted by molar-refractivity contribution is 5.88. The predicted octanol–water partition coefficient (Wildman–Crippen LogP) is 4.10. The van der Waals surface area contributed by atoms with Gasteiger partial charge in [0.15, 0.2) is 0 Å². The maximum Gasteiger partial charge on any atom is 0.246 e. The fourth-order valence-electron chi connectivity index (χ4n) is 4.95. The lowest BCUT2D eigenvalue weighted by molar-refractivity contribution is -0.125. The number of allylic oxidation sites excluding steroid dienone is 3. The molecule has 2 aromatic carbocycles. The van der Waals surface area contributed by atoms with Gasteiger partial charge in [0.1, 0.15) is 17.7 Å². The number of carbonyl (C=O) groups excluding carboxylic acids is 2. The largest absolute Gasteiger partial charge is 0.497 e. The second kappa shape index (κ2) is 13.3. The lowest BCUT2D eigenvalue weighted by Crippen LogP contribution is -2.45. The van der Waals surface area contributed by atoms with Gasteiger partial charge < -0.3 is 25.0 Å². The zero-order chi connectivity index (χ0) is 28.6. The van der Waals surface area contributed by atoms with Crippen LogP contribution >= 0.6 is 0 Å². The topological polar surface area (TPSA) is 83.1 Å². The first-order valence-corrected chi connectivity index (χ1v) is 13.8. The number of hydrogen-bond donors (Lipinski definition) is 2. The summed E-state index contributed by atoms with van der Waals surface area (Å²) in [5.41, 5.74) is 5.14. The lowest BCUT2D eigenvalue weighted by atomic mass is 9.98. The van der Waals surface area contributed by atoms with Crippen LogP contribution in [-0.2, 0) is 22.7 Å². The Morgan fingerprint density at radius 2 is 1.95 bits per heavy atom. The first-order chi connectivity index (χ1) is 19.3. The van der Waals surface area contributed by atoms with Crippen molar-refractivity contribution >= 4 is 11.8 Å². The molecule has 0 aliphatic carbocycles. The summed E-state index contributed by atoms with van der Waals surface area (Å²) in [5.74, 6) is 1.86. The van der Waals surface area contributed by atoms with Crippen LogP contribution in [0.2, 0.25) is 0 Å². The van der Waals surface area contributed by atoms with E-state index in [4.69, 9.17) is 9.47 Å².